The Morgan fingerprint density at radius 2 is 1.02 bits per heavy atom. The zero-order valence-electron chi connectivity index (χ0n) is 26.9. The number of nitrogens with zero attached hydrogens (tertiary/aromatic N) is 1. The Balaban J connectivity index is 1.17. The first kappa shape index (κ1) is 24.2. The van der Waals surface area contributed by atoms with E-state index in [1.54, 1.807) is 0 Å². The minimum atomic E-state index is 0.186. The molecule has 0 amide bonds. The lowest BCUT2D eigenvalue weighted by atomic mass is 9.96. The fraction of sp³-hybridized carbons (Fsp3) is 0. The Morgan fingerprint density at radius 3 is 1.87 bits per heavy atom. The van der Waals surface area contributed by atoms with Crippen LogP contribution in [0, 0.1) is 0 Å². The molecule has 0 saturated heterocycles. The third-order valence-corrected chi connectivity index (χ3v) is 8.84. The molecule has 0 fully saturated rings. The van der Waals surface area contributed by atoms with Crippen LogP contribution >= 0.6 is 0 Å². The molecule has 0 atom stereocenters. The van der Waals surface area contributed by atoms with Crippen molar-refractivity contribution < 1.29 is 7.16 Å². The largest absolute Gasteiger partial charge is 0.456 e. The number of hydrogen-bond acceptors (Lipinski definition) is 2. The molecular formula is C44H29NO. The molecule has 0 unspecified atom stereocenters. The van der Waals surface area contributed by atoms with Crippen molar-refractivity contribution in [2.45, 2.75) is 0 Å². The lowest BCUT2D eigenvalue weighted by molar-refractivity contribution is 0.669. The van der Waals surface area contributed by atoms with Gasteiger partial charge in [-0.2, -0.15) is 0 Å². The normalized spacial score (nSPS) is 12.9. The predicted molar refractivity (Wildman–Crippen MR) is 196 cm³/mol. The zero-order valence-corrected chi connectivity index (χ0v) is 24.9. The minimum absolute atomic E-state index is 0.186. The second kappa shape index (κ2) is 10.8. The van der Waals surface area contributed by atoms with E-state index in [4.69, 9.17) is 5.79 Å². The smallest absolute Gasteiger partial charge is 0.135 e. The first-order valence-electron chi connectivity index (χ1n) is 16.5. The number of fused-ring (bicyclic) bond motifs is 7. The summed E-state index contributed by atoms with van der Waals surface area (Å²) in [6.45, 7) is 0. The molecule has 2 nitrogen and oxygen atoms in total. The zero-order chi connectivity index (χ0) is 32.2. The van der Waals surface area contributed by atoms with Gasteiger partial charge in [-0.05, 0) is 98.0 Å². The van der Waals surface area contributed by atoms with Crippen molar-refractivity contribution in [3.63, 3.8) is 0 Å². The van der Waals surface area contributed by atoms with Gasteiger partial charge in [-0.3, -0.25) is 0 Å². The Kier molecular flexibility index (Phi) is 5.69. The fourth-order valence-electron chi connectivity index (χ4n) is 6.61. The van der Waals surface area contributed by atoms with Gasteiger partial charge in [0.05, 0.1) is 2.74 Å². The summed E-state index contributed by atoms with van der Waals surface area (Å²) in [6, 6.07) is 56.2. The lowest BCUT2D eigenvalue weighted by Gasteiger charge is -2.26. The standard InChI is InChI=1S/C44H29NO/c1-2-10-32-28-36(24-21-31(32)9-1)45(37-25-26-44-42(29-37)41-15-7-8-16-43(41)46-44)35-22-18-30(19-23-35)17-20-34-27-33-11-3-4-12-38(33)40-14-6-5-13-39(34)40/h1-29H/b20-17+/i17D,20D. The Morgan fingerprint density at radius 1 is 0.413 bits per heavy atom. The van der Waals surface area contributed by atoms with Gasteiger partial charge >= 0.3 is 0 Å². The summed E-state index contributed by atoms with van der Waals surface area (Å²) in [6.07, 6.45) is 0. The van der Waals surface area contributed by atoms with Crippen molar-refractivity contribution in [1.29, 1.82) is 0 Å². The second-order valence-corrected chi connectivity index (χ2v) is 11.6. The van der Waals surface area contributed by atoms with Gasteiger partial charge in [-0.1, -0.05) is 121 Å². The molecule has 46 heavy (non-hydrogen) atoms. The molecule has 9 rings (SSSR count). The molecule has 1 aromatic heterocycles. The maximum absolute atomic E-state index is 9.20. The van der Waals surface area contributed by atoms with E-state index in [1.807, 2.05) is 84.9 Å². The molecule has 0 spiro atoms. The highest BCUT2D eigenvalue weighted by molar-refractivity contribution is 6.11. The van der Waals surface area contributed by atoms with Gasteiger partial charge in [0.15, 0.2) is 0 Å². The van der Waals surface area contributed by atoms with E-state index in [9.17, 15) is 1.37 Å². The van der Waals surface area contributed by atoms with Crippen LogP contribution in [0.3, 0.4) is 0 Å². The average molecular weight is 590 g/mol. The monoisotopic (exact) mass is 589 g/mol. The van der Waals surface area contributed by atoms with E-state index < -0.39 is 0 Å². The highest BCUT2D eigenvalue weighted by Crippen LogP contribution is 2.40. The number of rotatable bonds is 5. The lowest BCUT2D eigenvalue weighted by Crippen LogP contribution is -2.09. The van der Waals surface area contributed by atoms with E-state index in [-0.39, 0.29) is 12.1 Å². The number of benzene rings is 8. The molecule has 0 radical (unpaired) electrons. The van der Waals surface area contributed by atoms with Crippen molar-refractivity contribution in [2.24, 2.45) is 0 Å². The molecule has 1 heterocycles. The van der Waals surface area contributed by atoms with Gasteiger partial charge in [-0.25, -0.2) is 0 Å². The molecule has 8 aromatic carbocycles. The van der Waals surface area contributed by atoms with Crippen LogP contribution in [0.2, 0.25) is 0 Å². The van der Waals surface area contributed by atoms with E-state index in [1.165, 1.54) is 5.39 Å². The Bertz CT molecular complexity index is 2710. The fourth-order valence-corrected chi connectivity index (χ4v) is 6.61. The number of anilines is 3. The van der Waals surface area contributed by atoms with Crippen molar-refractivity contribution in [3.05, 3.63) is 175 Å². The SMILES string of the molecule is [2H]/C(=C(/[2H])c1cc2ccccc2c2ccccc12)c1ccc(N(c2ccc3ccccc3c2)c2ccc3oc4ccccc4c3c2)cc1. The van der Waals surface area contributed by atoms with Crippen LogP contribution in [0.15, 0.2) is 168 Å². The van der Waals surface area contributed by atoms with Crippen LogP contribution in [0.5, 0.6) is 0 Å². The van der Waals surface area contributed by atoms with Gasteiger partial charge in [0.25, 0.3) is 0 Å². The van der Waals surface area contributed by atoms with E-state index in [0.717, 1.165) is 71.5 Å². The molecular weight excluding hydrogens is 558 g/mol. The predicted octanol–water partition coefficient (Wildman–Crippen LogP) is 12.7. The van der Waals surface area contributed by atoms with E-state index in [0.29, 0.717) is 5.56 Å². The van der Waals surface area contributed by atoms with Gasteiger partial charge in [-0.15, -0.1) is 0 Å². The summed E-state index contributed by atoms with van der Waals surface area (Å²) in [5.41, 5.74) is 6.15. The van der Waals surface area contributed by atoms with Crippen LogP contribution in [0.25, 0.3) is 66.4 Å². The Labute approximate surface area is 269 Å². The number of furan rings is 1. The van der Waals surface area contributed by atoms with Gasteiger partial charge in [0, 0.05) is 27.8 Å². The quantitative estimate of drug-likeness (QED) is 0.147. The topological polar surface area (TPSA) is 16.4 Å². The van der Waals surface area contributed by atoms with Crippen molar-refractivity contribution >= 4 is 83.4 Å². The second-order valence-electron chi connectivity index (χ2n) is 11.6. The van der Waals surface area contributed by atoms with E-state index in [2.05, 4.69) is 83.8 Å². The van der Waals surface area contributed by atoms with Gasteiger partial charge in [0.1, 0.15) is 11.2 Å². The number of para-hydroxylation sites is 1. The minimum Gasteiger partial charge on any atom is -0.456 e. The third-order valence-electron chi connectivity index (χ3n) is 8.84. The highest BCUT2D eigenvalue weighted by atomic mass is 16.3. The van der Waals surface area contributed by atoms with Crippen LogP contribution in [0.4, 0.5) is 17.1 Å². The average Bonchev–Trinajstić information content (AvgIpc) is 3.52. The van der Waals surface area contributed by atoms with Crippen LogP contribution in [-0.4, -0.2) is 0 Å². The summed E-state index contributed by atoms with van der Waals surface area (Å²) in [4.78, 5) is 2.24. The maximum Gasteiger partial charge on any atom is 0.135 e. The third kappa shape index (κ3) is 4.51. The van der Waals surface area contributed by atoms with Crippen molar-refractivity contribution in [2.75, 3.05) is 4.90 Å². The summed E-state index contributed by atoms with van der Waals surface area (Å²) in [5.74, 6) is 0. The molecule has 2 heteroatoms. The van der Waals surface area contributed by atoms with Gasteiger partial charge < -0.3 is 9.32 Å². The molecule has 0 aliphatic carbocycles. The summed E-state index contributed by atoms with van der Waals surface area (Å²) < 4.78 is 24.5. The first-order chi connectivity index (χ1) is 23.6. The number of hydrogen-bond donors (Lipinski definition) is 0. The highest BCUT2D eigenvalue weighted by Gasteiger charge is 2.16. The molecule has 216 valence electrons. The van der Waals surface area contributed by atoms with Crippen LogP contribution in [0.1, 0.15) is 13.9 Å². The summed E-state index contributed by atoms with van der Waals surface area (Å²) >= 11 is 0. The van der Waals surface area contributed by atoms with Crippen LogP contribution < -0.4 is 4.90 Å². The molecule has 0 aliphatic heterocycles. The molecule has 0 aliphatic rings. The van der Waals surface area contributed by atoms with Crippen molar-refractivity contribution in [1.82, 2.24) is 0 Å². The summed E-state index contributed by atoms with van der Waals surface area (Å²) in [5, 5.41) is 8.76. The molecule has 0 saturated carbocycles. The van der Waals surface area contributed by atoms with E-state index >= 15 is 0 Å². The molecule has 0 bridgehead atoms. The van der Waals surface area contributed by atoms with Crippen molar-refractivity contribution in [3.8, 4) is 0 Å². The molecule has 9 aromatic rings. The summed E-state index contributed by atoms with van der Waals surface area (Å²) in [7, 11) is 0. The first-order valence-corrected chi connectivity index (χ1v) is 15.5. The van der Waals surface area contributed by atoms with Crippen LogP contribution in [-0.2, 0) is 0 Å². The Hall–Kier alpha value is -6.12. The molecule has 0 N–H and O–H groups in total. The maximum atomic E-state index is 9.20. The van der Waals surface area contributed by atoms with Gasteiger partial charge in [0.2, 0.25) is 0 Å².